The van der Waals surface area contributed by atoms with E-state index in [4.69, 9.17) is 4.74 Å². The average molecular weight is 232 g/mol. The lowest BCUT2D eigenvalue weighted by atomic mass is 10.2. The number of carbonyl (C=O) groups excluding carboxylic acids is 1. The lowest BCUT2D eigenvalue weighted by Crippen LogP contribution is -2.24. The van der Waals surface area contributed by atoms with Crippen molar-refractivity contribution in [1.82, 2.24) is 9.38 Å². The Morgan fingerprint density at radius 1 is 1.41 bits per heavy atom. The number of aryl methyl sites for hydroxylation is 1. The predicted octanol–water partition coefficient (Wildman–Crippen LogP) is 2.60. The molecule has 0 saturated carbocycles. The highest BCUT2D eigenvalue weighted by atomic mass is 16.6. The van der Waals surface area contributed by atoms with E-state index in [9.17, 15) is 4.79 Å². The molecule has 2 aromatic rings. The second-order valence-corrected chi connectivity index (χ2v) is 5.05. The molecule has 0 radical (unpaired) electrons. The van der Waals surface area contributed by atoms with Crippen LogP contribution in [0.5, 0.6) is 0 Å². The van der Waals surface area contributed by atoms with Gasteiger partial charge in [-0.05, 0) is 39.3 Å². The number of aromatic nitrogens is 2. The summed E-state index contributed by atoms with van der Waals surface area (Å²) in [4.78, 5) is 16.1. The summed E-state index contributed by atoms with van der Waals surface area (Å²) < 4.78 is 7.11. The van der Waals surface area contributed by atoms with Gasteiger partial charge in [-0.1, -0.05) is 6.07 Å². The zero-order valence-electron chi connectivity index (χ0n) is 10.5. The molecule has 0 fully saturated rings. The first-order valence-corrected chi connectivity index (χ1v) is 5.54. The highest BCUT2D eigenvalue weighted by Crippen LogP contribution is 2.14. The largest absolute Gasteiger partial charge is 0.455 e. The van der Waals surface area contributed by atoms with Crippen molar-refractivity contribution in [3.8, 4) is 0 Å². The van der Waals surface area contributed by atoms with Crippen LogP contribution in [-0.2, 0) is 4.74 Å². The molecule has 0 N–H and O–H groups in total. The van der Waals surface area contributed by atoms with Gasteiger partial charge in [0.15, 0.2) is 5.69 Å². The molecule has 17 heavy (non-hydrogen) atoms. The summed E-state index contributed by atoms with van der Waals surface area (Å²) in [6, 6.07) is 3.88. The number of ether oxygens (including phenoxy) is 1. The second-order valence-electron chi connectivity index (χ2n) is 5.05. The van der Waals surface area contributed by atoms with Gasteiger partial charge in [0.2, 0.25) is 0 Å². The number of nitrogens with zero attached hydrogens (tertiary/aromatic N) is 2. The van der Waals surface area contributed by atoms with Gasteiger partial charge >= 0.3 is 5.97 Å². The number of fused-ring (bicyclic) bond motifs is 1. The van der Waals surface area contributed by atoms with Crippen LogP contribution in [0.3, 0.4) is 0 Å². The van der Waals surface area contributed by atoms with Crippen molar-refractivity contribution in [1.29, 1.82) is 0 Å². The number of esters is 1. The molecular formula is C13H16N2O2. The van der Waals surface area contributed by atoms with Gasteiger partial charge < -0.3 is 9.14 Å². The molecule has 4 heteroatoms. The van der Waals surface area contributed by atoms with Gasteiger partial charge in [0.05, 0.1) is 0 Å². The smallest absolute Gasteiger partial charge is 0.359 e. The molecule has 90 valence electrons. The number of carbonyl (C=O) groups is 1. The van der Waals surface area contributed by atoms with Crippen molar-refractivity contribution in [2.24, 2.45) is 0 Å². The Kier molecular flexibility index (Phi) is 2.65. The van der Waals surface area contributed by atoms with Gasteiger partial charge in [0.1, 0.15) is 11.2 Å². The maximum Gasteiger partial charge on any atom is 0.359 e. The summed E-state index contributed by atoms with van der Waals surface area (Å²) in [5.74, 6) is -0.388. The summed E-state index contributed by atoms with van der Waals surface area (Å²) in [5.41, 5.74) is 1.66. The van der Waals surface area contributed by atoms with Crippen molar-refractivity contribution in [3.05, 3.63) is 35.8 Å². The first-order chi connectivity index (χ1) is 7.87. The first kappa shape index (κ1) is 11.6. The normalized spacial score (nSPS) is 11.8. The summed E-state index contributed by atoms with van der Waals surface area (Å²) in [7, 11) is 0. The molecule has 0 aliphatic rings. The minimum atomic E-state index is -0.498. The molecule has 0 bridgehead atoms. The van der Waals surface area contributed by atoms with Crippen molar-refractivity contribution in [2.75, 3.05) is 0 Å². The highest BCUT2D eigenvalue weighted by molar-refractivity contribution is 5.88. The van der Waals surface area contributed by atoms with E-state index in [-0.39, 0.29) is 5.97 Å². The second kappa shape index (κ2) is 3.87. The van der Waals surface area contributed by atoms with Crippen LogP contribution >= 0.6 is 0 Å². The van der Waals surface area contributed by atoms with Crippen LogP contribution in [0.2, 0.25) is 0 Å². The van der Waals surface area contributed by atoms with Gasteiger partial charge in [-0.2, -0.15) is 0 Å². The Hall–Kier alpha value is -1.84. The lowest BCUT2D eigenvalue weighted by molar-refractivity contribution is 0.00636. The number of pyridine rings is 1. The van der Waals surface area contributed by atoms with Crippen LogP contribution < -0.4 is 0 Å². The van der Waals surface area contributed by atoms with Crippen LogP contribution in [0.4, 0.5) is 0 Å². The molecular weight excluding hydrogens is 216 g/mol. The molecule has 2 heterocycles. The van der Waals surface area contributed by atoms with Gasteiger partial charge in [-0.15, -0.1) is 0 Å². The maximum atomic E-state index is 11.8. The Morgan fingerprint density at radius 3 is 2.71 bits per heavy atom. The molecule has 0 aliphatic heterocycles. The number of rotatable bonds is 1. The third-order valence-corrected chi connectivity index (χ3v) is 2.29. The van der Waals surface area contributed by atoms with E-state index in [0.29, 0.717) is 5.69 Å². The summed E-state index contributed by atoms with van der Waals surface area (Å²) in [6.45, 7) is 7.48. The fourth-order valence-corrected chi connectivity index (χ4v) is 1.58. The Morgan fingerprint density at radius 2 is 2.12 bits per heavy atom. The lowest BCUT2D eigenvalue weighted by Gasteiger charge is -2.18. The summed E-state index contributed by atoms with van der Waals surface area (Å²) in [6.07, 6.45) is 3.56. The van der Waals surface area contributed by atoms with Crippen molar-refractivity contribution in [3.63, 3.8) is 0 Å². The van der Waals surface area contributed by atoms with E-state index in [2.05, 4.69) is 4.98 Å². The third-order valence-electron chi connectivity index (χ3n) is 2.29. The Labute approximate surface area is 100 Å². The number of hydrogen-bond acceptors (Lipinski definition) is 3. The van der Waals surface area contributed by atoms with Crippen LogP contribution in [0, 0.1) is 6.92 Å². The molecule has 2 aromatic heterocycles. The van der Waals surface area contributed by atoms with Gasteiger partial charge in [-0.3, -0.25) is 0 Å². The van der Waals surface area contributed by atoms with Crippen molar-refractivity contribution < 1.29 is 9.53 Å². The van der Waals surface area contributed by atoms with Crippen molar-refractivity contribution in [2.45, 2.75) is 33.3 Å². The van der Waals surface area contributed by atoms with Crippen LogP contribution in [0.15, 0.2) is 24.5 Å². The maximum absolute atomic E-state index is 11.8. The van der Waals surface area contributed by atoms with E-state index < -0.39 is 5.60 Å². The van der Waals surface area contributed by atoms with E-state index in [0.717, 1.165) is 11.2 Å². The van der Waals surface area contributed by atoms with E-state index in [1.807, 2.05) is 50.4 Å². The van der Waals surface area contributed by atoms with Crippen LogP contribution in [0.25, 0.3) is 5.65 Å². The fourth-order valence-electron chi connectivity index (χ4n) is 1.58. The minimum Gasteiger partial charge on any atom is -0.455 e. The molecule has 0 spiro atoms. The SMILES string of the molecule is Cc1cccn2cc(C(=O)OC(C)(C)C)nc12. The van der Waals surface area contributed by atoms with Crippen LogP contribution in [-0.4, -0.2) is 21.0 Å². The van der Waals surface area contributed by atoms with E-state index in [1.54, 1.807) is 6.20 Å². The zero-order valence-corrected chi connectivity index (χ0v) is 10.5. The minimum absolute atomic E-state index is 0.342. The average Bonchev–Trinajstić information content (AvgIpc) is 2.60. The topological polar surface area (TPSA) is 43.6 Å². The predicted molar refractivity (Wildman–Crippen MR) is 65.1 cm³/mol. The third kappa shape index (κ3) is 2.46. The monoisotopic (exact) mass is 232 g/mol. The van der Waals surface area contributed by atoms with Gasteiger partial charge in [0.25, 0.3) is 0 Å². The quantitative estimate of drug-likeness (QED) is 0.710. The molecule has 0 saturated heterocycles. The molecule has 0 unspecified atom stereocenters. The van der Waals surface area contributed by atoms with Crippen LogP contribution in [0.1, 0.15) is 36.8 Å². The molecule has 0 aromatic carbocycles. The number of imidazole rings is 1. The van der Waals surface area contributed by atoms with Gasteiger partial charge in [-0.25, -0.2) is 9.78 Å². The first-order valence-electron chi connectivity index (χ1n) is 5.54. The van der Waals surface area contributed by atoms with E-state index in [1.165, 1.54) is 0 Å². The highest BCUT2D eigenvalue weighted by Gasteiger charge is 2.20. The zero-order chi connectivity index (χ0) is 12.6. The Balaban J connectivity index is 2.37. The standard InChI is InChI=1S/C13H16N2O2/c1-9-6-5-7-15-8-10(14-11(9)15)12(16)17-13(2,3)4/h5-8H,1-4H3. The fraction of sp³-hybridized carbons (Fsp3) is 0.385. The van der Waals surface area contributed by atoms with Crippen molar-refractivity contribution >= 4 is 11.6 Å². The molecule has 4 nitrogen and oxygen atoms in total. The number of hydrogen-bond donors (Lipinski definition) is 0. The van der Waals surface area contributed by atoms with Gasteiger partial charge in [0, 0.05) is 12.4 Å². The van der Waals surface area contributed by atoms with E-state index >= 15 is 0 Å². The Bertz CT molecular complexity index is 564. The molecule has 2 rings (SSSR count). The summed E-state index contributed by atoms with van der Waals surface area (Å²) >= 11 is 0. The summed E-state index contributed by atoms with van der Waals surface area (Å²) in [5, 5.41) is 0. The molecule has 0 atom stereocenters. The molecule has 0 aliphatic carbocycles. The molecule has 0 amide bonds.